The first-order valence-corrected chi connectivity index (χ1v) is 9.31. The minimum Gasteiger partial charge on any atom is -0.481 e. The van der Waals surface area contributed by atoms with Crippen molar-refractivity contribution >= 4 is 17.6 Å². The molecule has 2 heterocycles. The third-order valence-electron chi connectivity index (χ3n) is 4.46. The molecule has 0 amide bonds. The van der Waals surface area contributed by atoms with Crippen molar-refractivity contribution in [1.29, 1.82) is 0 Å². The van der Waals surface area contributed by atoms with Crippen molar-refractivity contribution in [3.8, 4) is 0 Å². The molecule has 0 unspecified atom stereocenters. The molecule has 142 valence electrons. The van der Waals surface area contributed by atoms with Crippen LogP contribution in [0.1, 0.15) is 42.8 Å². The molecule has 1 saturated heterocycles. The molecule has 27 heavy (non-hydrogen) atoms. The average molecular weight is 388 g/mol. The molecule has 0 bridgehead atoms. The van der Waals surface area contributed by atoms with E-state index in [9.17, 15) is 4.79 Å². The van der Waals surface area contributed by atoms with Crippen LogP contribution in [0.4, 0.5) is 0 Å². The van der Waals surface area contributed by atoms with Gasteiger partial charge in [0.05, 0.1) is 12.7 Å². The van der Waals surface area contributed by atoms with E-state index in [4.69, 9.17) is 26.2 Å². The van der Waals surface area contributed by atoms with Crippen molar-refractivity contribution in [2.45, 2.75) is 31.7 Å². The lowest BCUT2D eigenvalue weighted by Crippen LogP contribution is -2.30. The molecular formula is C21H22ClNO4. The van der Waals surface area contributed by atoms with Gasteiger partial charge in [-0.1, -0.05) is 48.0 Å². The van der Waals surface area contributed by atoms with Gasteiger partial charge in [0.1, 0.15) is 0 Å². The number of carboxylic acid groups (broad SMARTS) is 1. The summed E-state index contributed by atoms with van der Waals surface area (Å²) in [6.07, 6.45) is 8.10. The number of aromatic nitrogens is 1. The Morgan fingerprint density at radius 1 is 1.26 bits per heavy atom. The summed E-state index contributed by atoms with van der Waals surface area (Å²) in [6.45, 7) is 0.513. The Hall–Kier alpha value is -2.21. The van der Waals surface area contributed by atoms with Crippen LogP contribution in [0.25, 0.3) is 0 Å². The summed E-state index contributed by atoms with van der Waals surface area (Å²) in [6, 6.07) is 11.4. The maximum Gasteiger partial charge on any atom is 0.303 e. The SMILES string of the molecule is O=C(O)CC/C=C\C[C@H]1CO[C@@H](c2ccccc2Cl)O[C@H]1c1cccnc1. The lowest BCUT2D eigenvalue weighted by Gasteiger charge is -2.37. The summed E-state index contributed by atoms with van der Waals surface area (Å²) in [5.41, 5.74) is 1.80. The first-order chi connectivity index (χ1) is 13.1. The van der Waals surface area contributed by atoms with Gasteiger partial charge in [-0.2, -0.15) is 0 Å². The largest absolute Gasteiger partial charge is 0.481 e. The lowest BCUT2D eigenvalue weighted by molar-refractivity contribution is -0.243. The van der Waals surface area contributed by atoms with E-state index < -0.39 is 12.3 Å². The molecule has 1 fully saturated rings. The van der Waals surface area contributed by atoms with Crippen molar-refractivity contribution in [2.24, 2.45) is 5.92 Å². The highest BCUT2D eigenvalue weighted by Gasteiger charge is 2.34. The van der Waals surface area contributed by atoms with Crippen LogP contribution in [0.2, 0.25) is 5.02 Å². The van der Waals surface area contributed by atoms with Crippen LogP contribution in [0.5, 0.6) is 0 Å². The van der Waals surface area contributed by atoms with E-state index in [1.807, 2.05) is 48.6 Å². The van der Waals surface area contributed by atoms with Gasteiger partial charge >= 0.3 is 5.97 Å². The third-order valence-corrected chi connectivity index (χ3v) is 4.81. The van der Waals surface area contributed by atoms with Gasteiger partial charge in [0.25, 0.3) is 0 Å². The molecule has 0 spiro atoms. The van der Waals surface area contributed by atoms with Crippen molar-refractivity contribution in [3.05, 3.63) is 77.1 Å². The summed E-state index contributed by atoms with van der Waals surface area (Å²) in [7, 11) is 0. The number of halogens is 1. The highest BCUT2D eigenvalue weighted by molar-refractivity contribution is 6.31. The van der Waals surface area contributed by atoms with Gasteiger partial charge in [-0.3, -0.25) is 9.78 Å². The fourth-order valence-corrected chi connectivity index (χ4v) is 3.32. The molecule has 1 aliphatic rings. The number of carbonyl (C=O) groups is 1. The molecule has 0 radical (unpaired) electrons. The maximum atomic E-state index is 10.6. The Morgan fingerprint density at radius 2 is 2.11 bits per heavy atom. The maximum absolute atomic E-state index is 10.6. The van der Waals surface area contributed by atoms with Crippen molar-refractivity contribution < 1.29 is 19.4 Å². The third kappa shape index (κ3) is 5.39. The second-order valence-corrected chi connectivity index (χ2v) is 6.84. The lowest BCUT2D eigenvalue weighted by atomic mass is 9.92. The number of benzene rings is 1. The van der Waals surface area contributed by atoms with Crippen LogP contribution >= 0.6 is 11.6 Å². The molecule has 0 saturated carbocycles. The minimum atomic E-state index is -0.792. The van der Waals surface area contributed by atoms with Gasteiger partial charge in [-0.05, 0) is 30.5 Å². The molecule has 1 aromatic carbocycles. The monoisotopic (exact) mass is 387 g/mol. The van der Waals surface area contributed by atoms with Crippen molar-refractivity contribution in [3.63, 3.8) is 0 Å². The number of hydrogen-bond acceptors (Lipinski definition) is 4. The normalized spacial score (nSPS) is 22.8. The van der Waals surface area contributed by atoms with Crippen LogP contribution in [0.3, 0.4) is 0 Å². The first kappa shape index (κ1) is 19.5. The molecule has 2 aromatic rings. The van der Waals surface area contributed by atoms with Crippen LogP contribution in [-0.4, -0.2) is 22.7 Å². The second-order valence-electron chi connectivity index (χ2n) is 6.43. The fourth-order valence-electron chi connectivity index (χ4n) is 3.09. The predicted molar refractivity (Wildman–Crippen MR) is 102 cm³/mol. The highest BCUT2D eigenvalue weighted by Crippen LogP contribution is 2.41. The van der Waals surface area contributed by atoms with E-state index in [0.717, 1.165) is 17.5 Å². The van der Waals surface area contributed by atoms with E-state index in [1.165, 1.54) is 0 Å². The van der Waals surface area contributed by atoms with Gasteiger partial charge in [-0.25, -0.2) is 0 Å². The smallest absolute Gasteiger partial charge is 0.303 e. The summed E-state index contributed by atoms with van der Waals surface area (Å²) in [5, 5.41) is 9.33. The Kier molecular flexibility index (Phi) is 6.98. The van der Waals surface area contributed by atoms with Crippen molar-refractivity contribution in [1.82, 2.24) is 4.98 Å². The summed E-state index contributed by atoms with van der Waals surface area (Å²) in [5.74, 6) is -0.686. The van der Waals surface area contributed by atoms with E-state index in [2.05, 4.69) is 4.98 Å². The Bertz CT molecular complexity index is 781. The summed E-state index contributed by atoms with van der Waals surface area (Å²) in [4.78, 5) is 14.8. The Balaban J connectivity index is 1.72. The van der Waals surface area contributed by atoms with E-state index in [1.54, 1.807) is 12.4 Å². The molecular weight excluding hydrogens is 366 g/mol. The van der Waals surface area contributed by atoms with E-state index in [-0.39, 0.29) is 18.4 Å². The molecule has 1 aliphatic heterocycles. The zero-order valence-corrected chi connectivity index (χ0v) is 15.6. The summed E-state index contributed by atoms with van der Waals surface area (Å²) >= 11 is 6.30. The molecule has 3 atom stereocenters. The Labute approximate surface area is 163 Å². The number of pyridine rings is 1. The van der Waals surface area contributed by atoms with Crippen molar-refractivity contribution in [2.75, 3.05) is 6.61 Å². The zero-order valence-electron chi connectivity index (χ0n) is 14.8. The minimum absolute atomic E-state index is 0.106. The number of rotatable bonds is 7. The van der Waals surface area contributed by atoms with Crippen LogP contribution < -0.4 is 0 Å². The van der Waals surface area contributed by atoms with Gasteiger partial charge in [0.15, 0.2) is 6.29 Å². The van der Waals surface area contributed by atoms with E-state index >= 15 is 0 Å². The fraction of sp³-hybridized carbons (Fsp3) is 0.333. The van der Waals surface area contributed by atoms with Gasteiger partial charge < -0.3 is 14.6 Å². The van der Waals surface area contributed by atoms with Gasteiger partial charge in [0, 0.05) is 35.3 Å². The predicted octanol–water partition coefficient (Wildman–Crippen LogP) is 4.95. The van der Waals surface area contributed by atoms with Crippen LogP contribution in [0.15, 0.2) is 60.9 Å². The Morgan fingerprint density at radius 3 is 2.85 bits per heavy atom. The topological polar surface area (TPSA) is 68.7 Å². The van der Waals surface area contributed by atoms with Gasteiger partial charge in [0.2, 0.25) is 0 Å². The van der Waals surface area contributed by atoms with Crippen LogP contribution in [0, 0.1) is 5.92 Å². The molecule has 1 N–H and O–H groups in total. The quantitative estimate of drug-likeness (QED) is 0.681. The number of allylic oxidation sites excluding steroid dienone is 2. The number of hydrogen-bond donors (Lipinski definition) is 1. The zero-order chi connectivity index (χ0) is 19.1. The average Bonchev–Trinajstić information content (AvgIpc) is 2.69. The molecule has 1 aromatic heterocycles. The number of carboxylic acids is 1. The standard InChI is InChI=1S/C21H22ClNO4/c22-18-10-5-4-9-17(18)21-26-14-16(7-2-1-3-11-19(24)25)20(27-21)15-8-6-12-23-13-15/h1-2,4-6,8-10,12-13,16,20-21H,3,7,11,14H2,(H,24,25)/b2-1-/t16-,20-,21+/m0/s1. The first-order valence-electron chi connectivity index (χ1n) is 8.93. The molecule has 6 heteroatoms. The second kappa shape index (κ2) is 9.65. The summed E-state index contributed by atoms with van der Waals surface area (Å²) < 4.78 is 12.2. The van der Waals surface area contributed by atoms with Gasteiger partial charge in [-0.15, -0.1) is 0 Å². The molecule has 0 aliphatic carbocycles. The number of nitrogens with zero attached hydrogens (tertiary/aromatic N) is 1. The number of aliphatic carboxylic acids is 1. The highest BCUT2D eigenvalue weighted by atomic mass is 35.5. The number of ether oxygens (including phenoxy) is 2. The van der Waals surface area contributed by atoms with Crippen LogP contribution in [-0.2, 0) is 14.3 Å². The molecule has 5 nitrogen and oxygen atoms in total. The molecule has 3 rings (SSSR count). The van der Waals surface area contributed by atoms with E-state index in [0.29, 0.717) is 18.1 Å².